The molecule has 0 saturated carbocycles. The summed E-state index contributed by atoms with van der Waals surface area (Å²) in [5.41, 5.74) is 0. The summed E-state index contributed by atoms with van der Waals surface area (Å²) in [5, 5.41) is -1.07. The molecule has 0 amide bonds. The Hall–Kier alpha value is -0.420. The molecule has 0 aliphatic rings. The van der Waals surface area contributed by atoms with E-state index in [1.54, 1.807) is 0 Å². The molecule has 0 aliphatic carbocycles. The van der Waals surface area contributed by atoms with Crippen molar-refractivity contribution in [1.82, 2.24) is 0 Å². The Bertz CT molecular complexity index is 267. The first kappa shape index (κ1) is 13.6. The summed E-state index contributed by atoms with van der Waals surface area (Å²) in [6.45, 7) is 4.23. The average Bonchev–Trinajstić information content (AvgIpc) is 2.01. The van der Waals surface area contributed by atoms with E-state index >= 15 is 0 Å². The maximum absolute atomic E-state index is 10.7. The fourth-order valence-electron chi connectivity index (χ4n) is 1.13. The molecule has 0 aromatic heterocycles. The van der Waals surface area contributed by atoms with Gasteiger partial charge in [-0.1, -0.05) is 33.1 Å². The van der Waals surface area contributed by atoms with Gasteiger partial charge in [0.1, 0.15) is 0 Å². The Morgan fingerprint density at radius 3 is 2.21 bits per heavy atom. The predicted molar refractivity (Wildman–Crippen MR) is 54.5 cm³/mol. The van der Waals surface area contributed by atoms with Crippen LogP contribution in [0.4, 0.5) is 0 Å². The fraction of sp³-hybridized carbons (Fsp3) is 0.889. The first-order valence-electron chi connectivity index (χ1n) is 4.84. The first-order chi connectivity index (χ1) is 6.34. The number of hydrogen-bond donors (Lipinski definition) is 1. The molecule has 0 atom stereocenters. The minimum Gasteiger partial charge on any atom is -0.280 e. The highest BCUT2D eigenvalue weighted by molar-refractivity contribution is 8.01. The van der Waals surface area contributed by atoms with Crippen LogP contribution in [0.5, 0.6) is 0 Å². The second kappa shape index (κ2) is 6.14. The molecule has 0 radical (unpaired) electrons. The molecule has 0 aromatic carbocycles. The topological polar surface area (TPSA) is 71.4 Å². The lowest BCUT2D eigenvalue weighted by atomic mass is 10.0. The zero-order valence-corrected chi connectivity index (χ0v) is 9.51. The Morgan fingerprint density at radius 1 is 1.21 bits per heavy atom. The van der Waals surface area contributed by atoms with E-state index in [4.69, 9.17) is 4.55 Å². The van der Waals surface area contributed by atoms with E-state index in [1.807, 2.05) is 0 Å². The van der Waals surface area contributed by atoms with Crippen LogP contribution in [0.2, 0.25) is 0 Å². The standard InChI is InChI=1S/C9H18O4S/c1-8(2)6-4-3-5-7-9(10)14(11,12)13/h8H,3-7H2,1-2H3,(H,11,12,13). The van der Waals surface area contributed by atoms with Crippen molar-refractivity contribution in [3.63, 3.8) is 0 Å². The van der Waals surface area contributed by atoms with Crippen molar-refractivity contribution >= 4 is 15.2 Å². The lowest BCUT2D eigenvalue weighted by molar-refractivity contribution is -0.112. The van der Waals surface area contributed by atoms with Gasteiger partial charge in [-0.2, -0.15) is 8.42 Å². The minimum atomic E-state index is -4.45. The average molecular weight is 222 g/mol. The van der Waals surface area contributed by atoms with E-state index in [2.05, 4.69) is 13.8 Å². The van der Waals surface area contributed by atoms with Crippen LogP contribution in [-0.2, 0) is 14.9 Å². The Kier molecular flexibility index (Phi) is 5.95. The van der Waals surface area contributed by atoms with Crippen molar-refractivity contribution < 1.29 is 17.8 Å². The summed E-state index contributed by atoms with van der Waals surface area (Å²) >= 11 is 0. The molecule has 1 N–H and O–H groups in total. The van der Waals surface area contributed by atoms with Crippen LogP contribution < -0.4 is 0 Å². The van der Waals surface area contributed by atoms with Crippen LogP contribution in [0.3, 0.4) is 0 Å². The normalized spacial score (nSPS) is 12.0. The zero-order valence-electron chi connectivity index (χ0n) is 8.69. The molecule has 0 saturated heterocycles. The van der Waals surface area contributed by atoms with Crippen molar-refractivity contribution in [2.24, 2.45) is 5.92 Å². The van der Waals surface area contributed by atoms with Gasteiger partial charge < -0.3 is 0 Å². The monoisotopic (exact) mass is 222 g/mol. The molecule has 0 unspecified atom stereocenters. The van der Waals surface area contributed by atoms with Crippen LogP contribution >= 0.6 is 0 Å². The van der Waals surface area contributed by atoms with Crippen LogP contribution in [-0.4, -0.2) is 18.1 Å². The van der Waals surface area contributed by atoms with Gasteiger partial charge in [0.25, 0.3) is 5.12 Å². The van der Waals surface area contributed by atoms with Crippen molar-refractivity contribution in [2.45, 2.75) is 46.0 Å². The van der Waals surface area contributed by atoms with E-state index in [1.165, 1.54) is 0 Å². The van der Waals surface area contributed by atoms with E-state index in [0.29, 0.717) is 12.3 Å². The van der Waals surface area contributed by atoms with Crippen LogP contribution in [0.1, 0.15) is 46.0 Å². The van der Waals surface area contributed by atoms with Gasteiger partial charge in [-0.15, -0.1) is 0 Å². The van der Waals surface area contributed by atoms with Crippen molar-refractivity contribution in [3.05, 3.63) is 0 Å². The molecule has 0 heterocycles. The van der Waals surface area contributed by atoms with Gasteiger partial charge in [0.2, 0.25) is 0 Å². The molecule has 0 aliphatic heterocycles. The number of carbonyl (C=O) groups excluding carboxylic acids is 1. The molecular weight excluding hydrogens is 204 g/mol. The van der Waals surface area contributed by atoms with Crippen molar-refractivity contribution in [2.75, 3.05) is 0 Å². The predicted octanol–water partition coefficient (Wildman–Crippen LogP) is 2.01. The van der Waals surface area contributed by atoms with E-state index in [-0.39, 0.29) is 6.42 Å². The first-order valence-corrected chi connectivity index (χ1v) is 6.28. The van der Waals surface area contributed by atoms with Crippen LogP contribution in [0, 0.1) is 5.92 Å². The van der Waals surface area contributed by atoms with Gasteiger partial charge in [0, 0.05) is 6.42 Å². The van der Waals surface area contributed by atoms with Crippen LogP contribution in [0.25, 0.3) is 0 Å². The molecule has 0 spiro atoms. The third-order valence-electron chi connectivity index (χ3n) is 1.95. The molecule has 0 bridgehead atoms. The Morgan fingerprint density at radius 2 is 1.79 bits per heavy atom. The number of rotatable bonds is 6. The highest BCUT2D eigenvalue weighted by atomic mass is 32.2. The van der Waals surface area contributed by atoms with Gasteiger partial charge in [-0.3, -0.25) is 9.35 Å². The van der Waals surface area contributed by atoms with E-state index in [9.17, 15) is 13.2 Å². The van der Waals surface area contributed by atoms with E-state index < -0.39 is 15.2 Å². The van der Waals surface area contributed by atoms with Gasteiger partial charge in [0.15, 0.2) is 0 Å². The second-order valence-corrected chi connectivity index (χ2v) is 5.25. The molecule has 0 fully saturated rings. The second-order valence-electron chi connectivity index (χ2n) is 3.84. The fourth-order valence-corrected chi connectivity index (χ4v) is 1.53. The van der Waals surface area contributed by atoms with Gasteiger partial charge in [-0.25, -0.2) is 0 Å². The summed E-state index contributed by atoms with van der Waals surface area (Å²) < 4.78 is 29.0. The SMILES string of the molecule is CC(C)CCCCCC(=O)S(=O)(=O)O. The number of unbranched alkanes of at least 4 members (excludes halogenated alkanes) is 2. The lowest BCUT2D eigenvalue weighted by Gasteiger charge is -2.02. The maximum Gasteiger partial charge on any atom is 0.328 e. The highest BCUT2D eigenvalue weighted by Gasteiger charge is 2.16. The quantitative estimate of drug-likeness (QED) is 0.551. The summed E-state index contributed by atoms with van der Waals surface area (Å²) in [4.78, 5) is 10.7. The zero-order chi connectivity index (χ0) is 11.2. The van der Waals surface area contributed by atoms with E-state index in [0.717, 1.165) is 19.3 Å². The van der Waals surface area contributed by atoms with Crippen molar-refractivity contribution in [1.29, 1.82) is 0 Å². The molecule has 5 heteroatoms. The number of hydrogen-bond acceptors (Lipinski definition) is 3. The summed E-state index contributed by atoms with van der Waals surface area (Å²) in [6.07, 6.45) is 3.37. The number of carbonyl (C=O) groups is 1. The Labute approximate surface area is 85.4 Å². The van der Waals surface area contributed by atoms with Crippen LogP contribution in [0.15, 0.2) is 0 Å². The van der Waals surface area contributed by atoms with Gasteiger partial charge in [-0.05, 0) is 12.3 Å². The lowest BCUT2D eigenvalue weighted by Crippen LogP contribution is -2.12. The molecule has 4 nitrogen and oxygen atoms in total. The van der Waals surface area contributed by atoms with Gasteiger partial charge in [0.05, 0.1) is 0 Å². The summed E-state index contributed by atoms with van der Waals surface area (Å²) in [7, 11) is -4.45. The third kappa shape index (κ3) is 7.03. The summed E-state index contributed by atoms with van der Waals surface area (Å²) in [6, 6.07) is 0. The Balaban J connectivity index is 3.52. The van der Waals surface area contributed by atoms with Gasteiger partial charge >= 0.3 is 10.1 Å². The molecule has 84 valence electrons. The largest absolute Gasteiger partial charge is 0.328 e. The van der Waals surface area contributed by atoms with Crippen molar-refractivity contribution in [3.8, 4) is 0 Å². The smallest absolute Gasteiger partial charge is 0.280 e. The summed E-state index contributed by atoms with van der Waals surface area (Å²) in [5.74, 6) is 0.632. The molecule has 0 aromatic rings. The minimum absolute atomic E-state index is 0.0725. The molecule has 0 rings (SSSR count). The molecule has 14 heavy (non-hydrogen) atoms. The maximum atomic E-state index is 10.7. The molecular formula is C9H18O4S. The third-order valence-corrected chi connectivity index (χ3v) is 2.73. The highest BCUT2D eigenvalue weighted by Crippen LogP contribution is 2.10.